The maximum Gasteiger partial charge on any atom is 0.313 e. The maximum absolute atomic E-state index is 13.0. The summed E-state index contributed by atoms with van der Waals surface area (Å²) in [5.74, 6) is -0.796. The Labute approximate surface area is 145 Å². The van der Waals surface area contributed by atoms with E-state index in [1.807, 2.05) is 30.3 Å². The second kappa shape index (κ2) is 6.68. The Hall–Kier alpha value is -2.67. The fourth-order valence-electron chi connectivity index (χ4n) is 3.25. The molecule has 1 unspecified atom stereocenters. The van der Waals surface area contributed by atoms with Crippen molar-refractivity contribution in [3.63, 3.8) is 0 Å². The van der Waals surface area contributed by atoms with Gasteiger partial charge in [0.2, 0.25) is 0 Å². The molecule has 7 heteroatoms. The molecule has 2 heterocycles. The lowest BCUT2D eigenvalue weighted by atomic mass is 9.88. The number of carbonyl (C=O) groups excluding carboxylic acids is 1. The van der Waals surface area contributed by atoms with Crippen LogP contribution in [-0.4, -0.2) is 53.8 Å². The van der Waals surface area contributed by atoms with E-state index in [0.717, 1.165) is 5.56 Å². The molecule has 0 saturated carbocycles. The molecule has 0 radical (unpaired) electrons. The lowest BCUT2D eigenvalue weighted by Crippen LogP contribution is -2.40. The summed E-state index contributed by atoms with van der Waals surface area (Å²) in [6, 6.07) is 9.30. The predicted octanol–water partition coefficient (Wildman–Crippen LogP) is 2.21. The molecule has 1 aliphatic heterocycles. The smallest absolute Gasteiger partial charge is 0.313 e. The van der Waals surface area contributed by atoms with Gasteiger partial charge in [-0.1, -0.05) is 35.5 Å². The Kier molecular flexibility index (Phi) is 4.59. The number of ether oxygens (including phenoxy) is 1. The van der Waals surface area contributed by atoms with Gasteiger partial charge in [0, 0.05) is 25.8 Å². The number of methoxy groups -OCH3 is 1. The van der Waals surface area contributed by atoms with Gasteiger partial charge < -0.3 is 19.3 Å². The maximum atomic E-state index is 13.0. The van der Waals surface area contributed by atoms with Crippen molar-refractivity contribution in [2.75, 3.05) is 26.8 Å². The highest BCUT2D eigenvalue weighted by Crippen LogP contribution is 2.34. The van der Waals surface area contributed by atoms with Crippen LogP contribution in [0.4, 0.5) is 0 Å². The molecule has 2 aromatic rings. The van der Waals surface area contributed by atoms with Gasteiger partial charge >= 0.3 is 5.97 Å². The highest BCUT2D eigenvalue weighted by Gasteiger charge is 2.47. The zero-order valence-corrected chi connectivity index (χ0v) is 14.2. The predicted molar refractivity (Wildman–Crippen MR) is 89.1 cm³/mol. The molecule has 7 nitrogen and oxygen atoms in total. The number of carboxylic acid groups (broad SMARTS) is 1. The zero-order chi connectivity index (χ0) is 18.0. The van der Waals surface area contributed by atoms with Gasteiger partial charge in [0.25, 0.3) is 5.91 Å². The van der Waals surface area contributed by atoms with Crippen LogP contribution in [0.2, 0.25) is 0 Å². The number of aryl methyl sites for hydroxylation is 1. The Balaban J connectivity index is 1.90. The number of aromatic nitrogens is 1. The van der Waals surface area contributed by atoms with Gasteiger partial charge in [-0.05, 0) is 13.3 Å². The first kappa shape index (κ1) is 17.2. The minimum Gasteiger partial charge on any atom is -0.481 e. The molecule has 0 bridgehead atoms. The monoisotopic (exact) mass is 344 g/mol. The highest BCUT2D eigenvalue weighted by atomic mass is 16.5. The lowest BCUT2D eigenvalue weighted by Gasteiger charge is -2.23. The number of hydrogen-bond donors (Lipinski definition) is 1. The van der Waals surface area contributed by atoms with Crippen LogP contribution in [0.3, 0.4) is 0 Å². The van der Waals surface area contributed by atoms with E-state index in [4.69, 9.17) is 9.26 Å². The van der Waals surface area contributed by atoms with E-state index in [1.165, 1.54) is 7.11 Å². The van der Waals surface area contributed by atoms with Crippen LogP contribution in [0.1, 0.15) is 22.5 Å². The van der Waals surface area contributed by atoms with Gasteiger partial charge in [0.15, 0.2) is 0 Å². The molecule has 1 amide bonds. The van der Waals surface area contributed by atoms with Crippen molar-refractivity contribution < 1.29 is 24.0 Å². The Morgan fingerprint density at radius 1 is 1.36 bits per heavy atom. The molecular weight excluding hydrogens is 324 g/mol. The lowest BCUT2D eigenvalue weighted by molar-refractivity contribution is -0.151. The number of carboxylic acids is 1. The van der Waals surface area contributed by atoms with Crippen molar-refractivity contribution in [2.45, 2.75) is 13.3 Å². The third-order valence-electron chi connectivity index (χ3n) is 4.64. The second-order valence-electron chi connectivity index (χ2n) is 6.32. The number of rotatable bonds is 5. The van der Waals surface area contributed by atoms with Crippen molar-refractivity contribution in [2.24, 2.45) is 5.41 Å². The molecule has 3 rings (SSSR count). The molecule has 1 atom stereocenters. The normalized spacial score (nSPS) is 20.0. The van der Waals surface area contributed by atoms with Crippen LogP contribution in [0, 0.1) is 12.3 Å². The molecule has 1 fully saturated rings. The first-order valence-electron chi connectivity index (χ1n) is 8.02. The van der Waals surface area contributed by atoms with Crippen LogP contribution in [0.15, 0.2) is 34.9 Å². The largest absolute Gasteiger partial charge is 0.481 e. The third kappa shape index (κ3) is 3.02. The van der Waals surface area contributed by atoms with Crippen molar-refractivity contribution in [3.8, 4) is 11.3 Å². The number of aliphatic carboxylic acids is 1. The zero-order valence-electron chi connectivity index (χ0n) is 14.2. The summed E-state index contributed by atoms with van der Waals surface area (Å²) < 4.78 is 10.3. The minimum atomic E-state index is -1.07. The number of nitrogens with zero attached hydrogens (tertiary/aromatic N) is 2. The molecule has 1 aromatic heterocycles. The summed E-state index contributed by atoms with van der Waals surface area (Å²) in [5.41, 5.74) is 0.568. The van der Waals surface area contributed by atoms with Gasteiger partial charge in [0.05, 0.1) is 6.61 Å². The average Bonchev–Trinajstić information content (AvgIpc) is 3.20. The topological polar surface area (TPSA) is 92.9 Å². The van der Waals surface area contributed by atoms with Gasteiger partial charge in [0.1, 0.15) is 22.4 Å². The quantitative estimate of drug-likeness (QED) is 0.894. The third-order valence-corrected chi connectivity index (χ3v) is 4.64. The van der Waals surface area contributed by atoms with E-state index in [1.54, 1.807) is 11.8 Å². The first-order chi connectivity index (χ1) is 12.0. The molecule has 1 aliphatic rings. The SMILES string of the molecule is COCC1(C(=O)O)CCN(C(=O)c2c(-c3ccccc3)noc2C)C1. The van der Waals surface area contributed by atoms with E-state index in [0.29, 0.717) is 30.0 Å². The molecule has 25 heavy (non-hydrogen) atoms. The summed E-state index contributed by atoms with van der Waals surface area (Å²) in [4.78, 5) is 26.2. The summed E-state index contributed by atoms with van der Waals surface area (Å²) in [5, 5.41) is 13.6. The molecule has 1 saturated heterocycles. The minimum absolute atomic E-state index is 0.0697. The second-order valence-corrected chi connectivity index (χ2v) is 6.32. The summed E-state index contributed by atoms with van der Waals surface area (Å²) in [6.07, 6.45) is 0.354. The highest BCUT2D eigenvalue weighted by molar-refractivity contribution is 6.01. The molecule has 0 spiro atoms. The Morgan fingerprint density at radius 3 is 2.72 bits per heavy atom. The van der Waals surface area contributed by atoms with Crippen LogP contribution in [0.5, 0.6) is 0 Å². The number of benzene rings is 1. The van der Waals surface area contributed by atoms with E-state index in [2.05, 4.69) is 5.16 Å². The molecule has 0 aliphatic carbocycles. The molecule has 1 N–H and O–H groups in total. The van der Waals surface area contributed by atoms with E-state index < -0.39 is 11.4 Å². The molecule has 1 aromatic carbocycles. The van der Waals surface area contributed by atoms with Crippen LogP contribution < -0.4 is 0 Å². The van der Waals surface area contributed by atoms with Crippen LogP contribution in [0.25, 0.3) is 11.3 Å². The number of likely N-dealkylation sites (tertiary alicyclic amines) is 1. The van der Waals surface area contributed by atoms with Crippen molar-refractivity contribution >= 4 is 11.9 Å². The van der Waals surface area contributed by atoms with Gasteiger partial charge in [-0.2, -0.15) is 0 Å². The number of carbonyl (C=O) groups is 2. The van der Waals surface area contributed by atoms with Crippen molar-refractivity contribution in [1.82, 2.24) is 10.1 Å². The van der Waals surface area contributed by atoms with Gasteiger partial charge in [-0.3, -0.25) is 9.59 Å². The Bertz CT molecular complexity index is 786. The van der Waals surface area contributed by atoms with Gasteiger partial charge in [-0.25, -0.2) is 0 Å². The fraction of sp³-hybridized carbons (Fsp3) is 0.389. The molecular formula is C18H20N2O5. The van der Waals surface area contributed by atoms with Crippen LogP contribution in [-0.2, 0) is 9.53 Å². The summed E-state index contributed by atoms with van der Waals surface area (Å²) in [6.45, 7) is 2.21. The summed E-state index contributed by atoms with van der Waals surface area (Å²) in [7, 11) is 1.47. The fourth-order valence-corrected chi connectivity index (χ4v) is 3.25. The number of hydrogen-bond acceptors (Lipinski definition) is 5. The first-order valence-corrected chi connectivity index (χ1v) is 8.02. The van der Waals surface area contributed by atoms with Crippen molar-refractivity contribution in [3.05, 3.63) is 41.7 Å². The Morgan fingerprint density at radius 2 is 2.08 bits per heavy atom. The van der Waals surface area contributed by atoms with E-state index in [9.17, 15) is 14.7 Å². The van der Waals surface area contributed by atoms with E-state index in [-0.39, 0.29) is 19.1 Å². The standard InChI is InChI=1S/C18H20N2O5/c1-12-14(15(19-25-12)13-6-4-3-5-7-13)16(21)20-9-8-18(10-20,11-24-2)17(22)23/h3-7H,8-11H2,1-2H3,(H,22,23). The van der Waals surface area contributed by atoms with Crippen molar-refractivity contribution in [1.29, 1.82) is 0 Å². The number of amides is 1. The van der Waals surface area contributed by atoms with E-state index >= 15 is 0 Å². The van der Waals surface area contributed by atoms with Gasteiger partial charge in [-0.15, -0.1) is 0 Å². The average molecular weight is 344 g/mol. The summed E-state index contributed by atoms with van der Waals surface area (Å²) >= 11 is 0. The van der Waals surface area contributed by atoms with Crippen LogP contribution >= 0.6 is 0 Å². The molecule has 132 valence electrons.